The van der Waals surface area contributed by atoms with E-state index in [1.165, 1.54) is 80.2 Å². The molecule has 0 aliphatic rings. The maximum Gasteiger partial charge on any atom is 0.0485 e. The van der Waals surface area contributed by atoms with Crippen LogP contribution in [-0.4, -0.2) is 0 Å². The van der Waals surface area contributed by atoms with E-state index in [-0.39, 0.29) is 0 Å². The standard InChI is InChI=1S/C32H24BrCl/c1-3-7-19-29-21-11-5-9-17-25(33)15-13-23(27(17)21)31(29)20(8-4-2)32-24-14-16-26(34)18-10-6-12-22(28(18)24)30(19)32/h5-6,9-16H,3-4,7-8H2,1-2H3. The van der Waals surface area contributed by atoms with E-state index in [4.69, 9.17) is 11.6 Å². The molecule has 34 heavy (non-hydrogen) atoms. The Hall–Kier alpha value is -2.61. The van der Waals surface area contributed by atoms with E-state index < -0.39 is 0 Å². The van der Waals surface area contributed by atoms with Crippen LogP contribution in [0.3, 0.4) is 0 Å². The van der Waals surface area contributed by atoms with E-state index in [0.717, 1.165) is 30.7 Å². The second-order valence-corrected chi connectivity index (χ2v) is 10.9. The summed E-state index contributed by atoms with van der Waals surface area (Å²) in [4.78, 5) is 0. The van der Waals surface area contributed by atoms with Gasteiger partial charge in [0.1, 0.15) is 0 Å². The van der Waals surface area contributed by atoms with Crippen molar-refractivity contribution >= 4 is 92.2 Å². The lowest BCUT2D eigenvalue weighted by Gasteiger charge is -2.14. The van der Waals surface area contributed by atoms with Gasteiger partial charge in [0.25, 0.3) is 0 Å². The Labute approximate surface area is 212 Å². The van der Waals surface area contributed by atoms with Crippen LogP contribution in [-0.2, 0) is 12.8 Å². The van der Waals surface area contributed by atoms with Crippen molar-refractivity contribution in [1.29, 1.82) is 0 Å². The van der Waals surface area contributed by atoms with Gasteiger partial charge in [0.15, 0.2) is 0 Å². The first-order valence-electron chi connectivity index (χ1n) is 12.3. The van der Waals surface area contributed by atoms with Crippen LogP contribution >= 0.6 is 27.5 Å². The summed E-state index contributed by atoms with van der Waals surface area (Å²) in [5.41, 5.74) is 3.01. The highest BCUT2D eigenvalue weighted by Crippen LogP contribution is 2.51. The third kappa shape index (κ3) is 2.50. The highest BCUT2D eigenvalue weighted by atomic mass is 79.9. The van der Waals surface area contributed by atoms with Gasteiger partial charge in [-0.1, -0.05) is 103 Å². The second-order valence-electron chi connectivity index (χ2n) is 9.60. The predicted molar refractivity (Wildman–Crippen MR) is 155 cm³/mol. The Morgan fingerprint density at radius 2 is 0.971 bits per heavy atom. The van der Waals surface area contributed by atoms with Crippen molar-refractivity contribution in [3.8, 4) is 0 Å². The molecule has 0 aliphatic carbocycles. The molecule has 0 aliphatic heterocycles. The molecular weight excluding hydrogens is 500 g/mol. The fourth-order valence-corrected chi connectivity index (χ4v) is 7.30. The third-order valence-electron chi connectivity index (χ3n) is 7.76. The minimum atomic E-state index is 0.843. The molecule has 0 saturated heterocycles. The summed E-state index contributed by atoms with van der Waals surface area (Å²) in [7, 11) is 0. The third-order valence-corrected chi connectivity index (χ3v) is 8.78. The molecule has 0 spiro atoms. The maximum absolute atomic E-state index is 6.71. The number of hydrogen-bond acceptors (Lipinski definition) is 0. The molecule has 0 heterocycles. The summed E-state index contributed by atoms with van der Waals surface area (Å²) < 4.78 is 1.17. The summed E-state index contributed by atoms with van der Waals surface area (Å²) >= 11 is 10.5. The Balaban J connectivity index is 1.89. The summed E-state index contributed by atoms with van der Waals surface area (Å²) in [5, 5.41) is 17.4. The van der Waals surface area contributed by atoms with Gasteiger partial charge in [0.2, 0.25) is 0 Å². The number of aryl methyl sites for hydroxylation is 2. The van der Waals surface area contributed by atoms with Crippen LogP contribution in [0.4, 0.5) is 0 Å². The van der Waals surface area contributed by atoms with Crippen molar-refractivity contribution in [2.75, 3.05) is 0 Å². The highest BCUT2D eigenvalue weighted by molar-refractivity contribution is 9.10. The molecule has 0 radical (unpaired) electrons. The molecule has 0 unspecified atom stereocenters. The molecule has 2 heteroatoms. The van der Waals surface area contributed by atoms with Crippen LogP contribution in [0.1, 0.15) is 37.8 Å². The molecule has 0 aromatic heterocycles. The van der Waals surface area contributed by atoms with Gasteiger partial charge in [-0.3, -0.25) is 0 Å². The Kier molecular flexibility index (Phi) is 4.54. The Morgan fingerprint density at radius 3 is 1.53 bits per heavy atom. The maximum atomic E-state index is 6.71. The normalized spacial score (nSPS) is 12.6. The lowest BCUT2D eigenvalue weighted by molar-refractivity contribution is 0.929. The van der Waals surface area contributed by atoms with Crippen LogP contribution < -0.4 is 0 Å². The van der Waals surface area contributed by atoms with Crippen LogP contribution in [0.15, 0.2) is 65.1 Å². The van der Waals surface area contributed by atoms with E-state index in [9.17, 15) is 0 Å². The van der Waals surface area contributed by atoms with Gasteiger partial charge in [0.05, 0.1) is 0 Å². The average molecular weight is 524 g/mol. The SMILES string of the molecule is CCCc1c2c3cccc4c(Cl)ccc(c2c(CCC)c2c5ccc(Br)c6cccc(c12)c65)c43. The number of hydrogen-bond donors (Lipinski definition) is 0. The molecule has 166 valence electrons. The van der Waals surface area contributed by atoms with Crippen LogP contribution in [0, 0.1) is 0 Å². The van der Waals surface area contributed by atoms with E-state index in [0.29, 0.717) is 0 Å². The highest BCUT2D eigenvalue weighted by Gasteiger charge is 2.25. The smallest absolute Gasteiger partial charge is 0.0485 e. The van der Waals surface area contributed by atoms with E-state index in [2.05, 4.69) is 90.4 Å². The monoisotopic (exact) mass is 522 g/mol. The first-order valence-corrected chi connectivity index (χ1v) is 13.5. The minimum Gasteiger partial charge on any atom is -0.0837 e. The summed E-state index contributed by atoms with van der Waals surface area (Å²) in [6.45, 7) is 4.61. The van der Waals surface area contributed by atoms with Crippen molar-refractivity contribution in [1.82, 2.24) is 0 Å². The van der Waals surface area contributed by atoms with E-state index in [1.807, 2.05) is 0 Å². The fraction of sp³-hybridized carbons (Fsp3) is 0.188. The van der Waals surface area contributed by atoms with Crippen molar-refractivity contribution < 1.29 is 0 Å². The first kappa shape index (κ1) is 20.7. The molecule has 7 rings (SSSR count). The minimum absolute atomic E-state index is 0.843. The molecule has 0 fully saturated rings. The lowest BCUT2D eigenvalue weighted by atomic mass is 9.90. The molecule has 7 aromatic carbocycles. The topological polar surface area (TPSA) is 0 Å². The quantitative estimate of drug-likeness (QED) is 0.215. The van der Waals surface area contributed by atoms with E-state index in [1.54, 1.807) is 0 Å². The fourth-order valence-electron chi connectivity index (χ4n) is 6.62. The molecule has 0 nitrogen and oxygen atoms in total. The number of halogens is 2. The van der Waals surface area contributed by atoms with Crippen molar-refractivity contribution in [3.05, 3.63) is 81.3 Å². The van der Waals surface area contributed by atoms with Crippen molar-refractivity contribution in [2.24, 2.45) is 0 Å². The van der Waals surface area contributed by atoms with Gasteiger partial charge in [-0.2, -0.15) is 0 Å². The molecule has 0 amide bonds. The summed E-state index contributed by atoms with van der Waals surface area (Å²) in [5.74, 6) is 0. The molecule has 7 aromatic rings. The van der Waals surface area contributed by atoms with Gasteiger partial charge in [-0.05, 0) is 95.3 Å². The Bertz CT molecular complexity index is 1700. The number of rotatable bonds is 4. The van der Waals surface area contributed by atoms with Crippen LogP contribution in [0.5, 0.6) is 0 Å². The molecule has 0 saturated carbocycles. The molecule has 0 bridgehead atoms. The molecule has 0 N–H and O–H groups in total. The summed E-state index contributed by atoms with van der Waals surface area (Å²) in [6, 6.07) is 22.4. The Morgan fingerprint density at radius 1 is 0.529 bits per heavy atom. The van der Waals surface area contributed by atoms with Crippen LogP contribution in [0.25, 0.3) is 64.6 Å². The van der Waals surface area contributed by atoms with Gasteiger partial charge in [0, 0.05) is 14.9 Å². The van der Waals surface area contributed by atoms with Crippen molar-refractivity contribution in [2.45, 2.75) is 39.5 Å². The zero-order valence-electron chi connectivity index (χ0n) is 19.4. The largest absolute Gasteiger partial charge is 0.0837 e. The summed E-state index contributed by atoms with van der Waals surface area (Å²) in [6.07, 6.45) is 4.38. The zero-order chi connectivity index (χ0) is 23.1. The number of benzene rings is 5. The van der Waals surface area contributed by atoms with Crippen LogP contribution in [0.2, 0.25) is 5.02 Å². The second kappa shape index (κ2) is 7.44. The predicted octanol–water partition coefficient (Wildman–Crippen LogP) is 10.8. The molecule has 0 atom stereocenters. The van der Waals surface area contributed by atoms with Gasteiger partial charge < -0.3 is 0 Å². The van der Waals surface area contributed by atoms with Crippen molar-refractivity contribution in [3.63, 3.8) is 0 Å². The first-order chi connectivity index (χ1) is 16.7. The van der Waals surface area contributed by atoms with E-state index >= 15 is 0 Å². The average Bonchev–Trinajstić information content (AvgIpc) is 3.36. The van der Waals surface area contributed by atoms with Gasteiger partial charge in [-0.15, -0.1) is 0 Å². The zero-order valence-corrected chi connectivity index (χ0v) is 21.7. The van der Waals surface area contributed by atoms with Gasteiger partial charge >= 0.3 is 0 Å². The lowest BCUT2D eigenvalue weighted by Crippen LogP contribution is -1.93. The number of fused-ring (bicyclic) bond motifs is 6. The molecular formula is C32H24BrCl. The van der Waals surface area contributed by atoms with Gasteiger partial charge in [-0.25, -0.2) is 0 Å².